The Bertz CT molecular complexity index is 475. The molecular weight excluding hydrogens is 224 g/mol. The number of aromatic carboxylic acids is 1. The lowest BCUT2D eigenvalue weighted by Crippen LogP contribution is -2.07. The molecule has 8 heteroatoms. The van der Waals surface area contributed by atoms with Gasteiger partial charge in [-0.3, -0.25) is 0 Å². The van der Waals surface area contributed by atoms with E-state index in [1.165, 1.54) is 6.07 Å². The van der Waals surface area contributed by atoms with Crippen molar-refractivity contribution in [3.63, 3.8) is 0 Å². The van der Waals surface area contributed by atoms with Crippen LogP contribution >= 0.6 is 0 Å². The second-order valence-corrected chi connectivity index (χ2v) is 3.19. The molecule has 0 fully saturated rings. The van der Waals surface area contributed by atoms with Gasteiger partial charge < -0.3 is 20.8 Å². The normalized spacial score (nSPS) is 10.2. The maximum Gasteiger partial charge on any atom is 0.339 e. The smallest absolute Gasteiger partial charge is 0.339 e. The third kappa shape index (κ3) is 2.29. The van der Waals surface area contributed by atoms with Crippen molar-refractivity contribution in [3.8, 4) is 5.75 Å². The molecule has 15 heavy (non-hydrogen) atoms. The third-order valence-electron chi connectivity index (χ3n) is 1.63. The minimum Gasteiger partial charge on any atom is -0.478 e. The zero-order chi connectivity index (χ0) is 11.6. The van der Waals surface area contributed by atoms with E-state index < -0.39 is 22.7 Å². The first kappa shape index (κ1) is 11.1. The number of thiol groups is 1. The van der Waals surface area contributed by atoms with Crippen molar-refractivity contribution in [1.82, 2.24) is 0 Å². The summed E-state index contributed by atoms with van der Waals surface area (Å²) in [7, 11) is -3.25. The Balaban J connectivity index is 3.41. The lowest BCUT2D eigenvalue weighted by molar-refractivity contribution is 0.0695. The van der Waals surface area contributed by atoms with E-state index in [1.54, 1.807) is 0 Å². The number of carboxylic acid groups (broad SMARTS) is 1. The molecule has 0 atom stereocenters. The van der Waals surface area contributed by atoms with E-state index in [9.17, 15) is 13.2 Å². The van der Waals surface area contributed by atoms with Gasteiger partial charge in [-0.25, -0.2) is 4.79 Å². The van der Waals surface area contributed by atoms with Crippen molar-refractivity contribution in [3.05, 3.63) is 17.7 Å². The van der Waals surface area contributed by atoms with E-state index in [0.717, 1.165) is 6.07 Å². The summed E-state index contributed by atoms with van der Waals surface area (Å²) in [6.07, 6.45) is 0. The number of nitrogens with two attached hydrogens (primary N) is 2. The number of nitrogen functional groups attached to an aromatic ring is 2. The molecule has 0 aromatic heterocycles. The van der Waals surface area contributed by atoms with Crippen LogP contribution in [0.15, 0.2) is 12.1 Å². The van der Waals surface area contributed by atoms with Crippen LogP contribution in [0, 0.1) is 0 Å². The molecule has 0 spiro atoms. The van der Waals surface area contributed by atoms with Crippen molar-refractivity contribution in [2.24, 2.45) is 0 Å². The Labute approximate surface area is 86.4 Å². The fourth-order valence-electron chi connectivity index (χ4n) is 0.956. The lowest BCUT2D eigenvalue weighted by Gasteiger charge is -2.08. The fraction of sp³-hybridized carbons (Fsp3) is 0. The molecule has 0 aliphatic heterocycles. The third-order valence-corrected chi connectivity index (χ3v) is 1.96. The molecule has 0 radical (unpaired) electrons. The molecule has 0 bridgehead atoms. The highest BCUT2D eigenvalue weighted by Gasteiger charge is 2.17. The summed E-state index contributed by atoms with van der Waals surface area (Å²) in [4.78, 5) is 10.7. The molecule has 1 aromatic rings. The molecule has 0 amide bonds. The van der Waals surface area contributed by atoms with E-state index in [4.69, 9.17) is 16.6 Å². The molecule has 0 aliphatic rings. The van der Waals surface area contributed by atoms with Gasteiger partial charge in [-0.05, 0) is 12.1 Å². The SMILES string of the molecule is Nc1ccc(C(=O)O)c(O[SH](=O)=O)c1N. The predicted octanol–water partition coefficient (Wildman–Crippen LogP) is -0.546. The van der Waals surface area contributed by atoms with Crippen LogP contribution in [-0.2, 0) is 11.0 Å². The molecule has 0 unspecified atom stereocenters. The first-order valence-corrected chi connectivity index (χ1v) is 4.76. The second kappa shape index (κ2) is 4.05. The van der Waals surface area contributed by atoms with E-state index in [1.807, 2.05) is 0 Å². The summed E-state index contributed by atoms with van der Waals surface area (Å²) in [5.41, 5.74) is 10.2. The average Bonchev–Trinajstić information content (AvgIpc) is 2.12. The van der Waals surface area contributed by atoms with Crippen LogP contribution in [0.3, 0.4) is 0 Å². The van der Waals surface area contributed by atoms with Crippen LogP contribution < -0.4 is 15.7 Å². The lowest BCUT2D eigenvalue weighted by atomic mass is 10.1. The van der Waals surface area contributed by atoms with Gasteiger partial charge in [0, 0.05) is 0 Å². The molecule has 7 nitrogen and oxygen atoms in total. The maximum absolute atomic E-state index is 10.7. The molecule has 0 heterocycles. The number of anilines is 2. The summed E-state index contributed by atoms with van der Waals surface area (Å²) >= 11 is 0. The van der Waals surface area contributed by atoms with Gasteiger partial charge in [-0.15, -0.1) is 0 Å². The first-order chi connectivity index (χ1) is 6.93. The number of hydrogen-bond acceptors (Lipinski definition) is 6. The summed E-state index contributed by atoms with van der Waals surface area (Å²) in [5, 5.41) is 8.72. The van der Waals surface area contributed by atoms with E-state index >= 15 is 0 Å². The first-order valence-electron chi connectivity index (χ1n) is 3.67. The number of carboxylic acids is 1. The van der Waals surface area contributed by atoms with E-state index in [-0.39, 0.29) is 16.9 Å². The van der Waals surface area contributed by atoms with Gasteiger partial charge in [0.1, 0.15) is 11.3 Å². The largest absolute Gasteiger partial charge is 0.478 e. The topological polar surface area (TPSA) is 133 Å². The predicted molar refractivity (Wildman–Crippen MR) is 53.2 cm³/mol. The van der Waals surface area contributed by atoms with E-state index in [2.05, 4.69) is 4.18 Å². The second-order valence-electron chi connectivity index (χ2n) is 2.57. The number of hydrogen-bond donors (Lipinski definition) is 4. The van der Waals surface area contributed by atoms with Crippen molar-refractivity contribution >= 4 is 28.3 Å². The molecule has 82 valence electrons. The van der Waals surface area contributed by atoms with Gasteiger partial charge >= 0.3 is 5.97 Å². The molecule has 0 saturated carbocycles. The zero-order valence-electron chi connectivity index (χ0n) is 7.34. The Hall–Kier alpha value is -1.96. The van der Waals surface area contributed by atoms with Gasteiger partial charge in [0.15, 0.2) is 5.75 Å². The van der Waals surface area contributed by atoms with Gasteiger partial charge in [0.2, 0.25) is 0 Å². The highest BCUT2D eigenvalue weighted by molar-refractivity contribution is 7.67. The highest BCUT2D eigenvalue weighted by atomic mass is 32.2. The molecular formula is C7H8N2O5S. The van der Waals surface area contributed by atoms with Gasteiger partial charge in [0.05, 0.1) is 5.69 Å². The Kier molecular flexibility index (Phi) is 3.00. The van der Waals surface area contributed by atoms with Gasteiger partial charge in [0.25, 0.3) is 11.0 Å². The van der Waals surface area contributed by atoms with Crippen molar-refractivity contribution in [2.45, 2.75) is 0 Å². The van der Waals surface area contributed by atoms with Crippen molar-refractivity contribution in [1.29, 1.82) is 0 Å². The monoisotopic (exact) mass is 232 g/mol. The van der Waals surface area contributed by atoms with E-state index in [0.29, 0.717) is 0 Å². The Morgan fingerprint density at radius 2 is 1.93 bits per heavy atom. The van der Waals surface area contributed by atoms with Crippen LogP contribution in [0.25, 0.3) is 0 Å². The Morgan fingerprint density at radius 3 is 2.40 bits per heavy atom. The summed E-state index contributed by atoms with van der Waals surface area (Å²) < 4.78 is 25.0. The van der Waals surface area contributed by atoms with Crippen LogP contribution in [0.2, 0.25) is 0 Å². The summed E-state index contributed by atoms with van der Waals surface area (Å²) in [6.45, 7) is 0. The average molecular weight is 232 g/mol. The summed E-state index contributed by atoms with van der Waals surface area (Å²) in [5.74, 6) is -1.81. The quantitative estimate of drug-likeness (QED) is 0.406. The van der Waals surface area contributed by atoms with Gasteiger partial charge in [-0.1, -0.05) is 0 Å². The molecule has 1 rings (SSSR count). The number of benzene rings is 1. The summed E-state index contributed by atoms with van der Waals surface area (Å²) in [6, 6.07) is 2.37. The molecule has 5 N–H and O–H groups in total. The minimum absolute atomic E-state index is 0.0480. The Morgan fingerprint density at radius 1 is 1.33 bits per heavy atom. The fourth-order valence-corrected chi connectivity index (χ4v) is 1.30. The van der Waals surface area contributed by atoms with Crippen LogP contribution in [0.5, 0.6) is 5.75 Å². The highest BCUT2D eigenvalue weighted by Crippen LogP contribution is 2.31. The molecule has 0 aliphatic carbocycles. The van der Waals surface area contributed by atoms with Crippen LogP contribution in [-0.4, -0.2) is 19.5 Å². The molecule has 0 saturated heterocycles. The van der Waals surface area contributed by atoms with Crippen molar-refractivity contribution in [2.75, 3.05) is 11.5 Å². The van der Waals surface area contributed by atoms with Gasteiger partial charge in [-0.2, -0.15) is 8.42 Å². The standard InChI is InChI=1S/C7H8N2O5S/c8-4-2-1-3(7(10)11)6(5(4)9)14-15(12)13/h1-2,15H,8-9H2,(H,10,11). The number of carbonyl (C=O) groups is 1. The maximum atomic E-state index is 10.7. The number of rotatable bonds is 3. The van der Waals surface area contributed by atoms with Crippen LogP contribution in [0.4, 0.5) is 11.4 Å². The minimum atomic E-state index is -3.25. The van der Waals surface area contributed by atoms with Crippen molar-refractivity contribution < 1.29 is 22.5 Å². The zero-order valence-corrected chi connectivity index (χ0v) is 8.23. The molecule has 1 aromatic carbocycles. The van der Waals surface area contributed by atoms with Crippen LogP contribution in [0.1, 0.15) is 10.4 Å².